The number of aryl methyl sites for hydroxylation is 1. The Balaban J connectivity index is 1.99. The molecule has 134 valence electrons. The quantitative estimate of drug-likeness (QED) is 0.798. The van der Waals surface area contributed by atoms with Crippen LogP contribution in [-0.4, -0.2) is 51.8 Å². The molecule has 1 atom stereocenters. The van der Waals surface area contributed by atoms with Crippen molar-refractivity contribution in [1.29, 1.82) is 0 Å². The first-order chi connectivity index (χ1) is 11.4. The predicted molar refractivity (Wildman–Crippen MR) is 90.6 cm³/mol. The van der Waals surface area contributed by atoms with Crippen molar-refractivity contribution >= 4 is 11.9 Å². The number of nitrogens with zero attached hydrogens (tertiary/aromatic N) is 3. The normalized spacial score (nSPS) is 16.4. The van der Waals surface area contributed by atoms with Gasteiger partial charge < -0.3 is 10.1 Å². The highest BCUT2D eigenvalue weighted by Crippen LogP contribution is 2.16. The summed E-state index contributed by atoms with van der Waals surface area (Å²) in [6.07, 6.45) is 1.18. The van der Waals surface area contributed by atoms with Crippen LogP contribution in [0.4, 0.5) is 0 Å². The molecule has 0 aliphatic carbocycles. The molecule has 0 saturated carbocycles. The van der Waals surface area contributed by atoms with Crippen LogP contribution in [0.15, 0.2) is 6.07 Å². The lowest BCUT2D eigenvalue weighted by molar-refractivity contribution is -0.143. The van der Waals surface area contributed by atoms with Crippen LogP contribution < -0.4 is 5.32 Å². The topological polar surface area (TPSA) is 76.5 Å². The van der Waals surface area contributed by atoms with Gasteiger partial charge in [0.05, 0.1) is 18.7 Å². The van der Waals surface area contributed by atoms with Gasteiger partial charge in [0.25, 0.3) is 5.91 Å². The highest BCUT2D eigenvalue weighted by atomic mass is 16.5. The zero-order valence-corrected chi connectivity index (χ0v) is 15.0. The van der Waals surface area contributed by atoms with Crippen LogP contribution in [0.1, 0.15) is 56.7 Å². The number of nitrogens with one attached hydrogen (secondary N) is 1. The van der Waals surface area contributed by atoms with Gasteiger partial charge in [0.1, 0.15) is 5.69 Å². The third kappa shape index (κ3) is 4.80. The molecule has 1 amide bonds. The number of carbonyl (C=O) groups is 2. The third-order valence-electron chi connectivity index (χ3n) is 4.16. The van der Waals surface area contributed by atoms with Gasteiger partial charge in [-0.05, 0) is 40.2 Å². The fourth-order valence-electron chi connectivity index (χ4n) is 2.86. The lowest BCUT2D eigenvalue weighted by Gasteiger charge is -2.23. The number of esters is 1. The first-order valence-electron chi connectivity index (χ1n) is 8.68. The summed E-state index contributed by atoms with van der Waals surface area (Å²) in [5, 5.41) is 7.25. The maximum atomic E-state index is 12.4. The second-order valence-corrected chi connectivity index (χ2v) is 6.55. The Bertz CT molecular complexity index is 582. The summed E-state index contributed by atoms with van der Waals surface area (Å²) < 4.78 is 6.82. The Hall–Kier alpha value is -1.89. The van der Waals surface area contributed by atoms with Gasteiger partial charge in [0, 0.05) is 31.7 Å². The number of rotatable bonds is 6. The van der Waals surface area contributed by atoms with Gasteiger partial charge in [-0.25, -0.2) is 0 Å². The molecule has 1 unspecified atom stereocenters. The SMILES string of the molecule is CCOC(=O)CC(C)NC(=O)c1cc2n(n1)CCCN(C(C)C)C2. The van der Waals surface area contributed by atoms with Crippen LogP contribution >= 0.6 is 0 Å². The second-order valence-electron chi connectivity index (χ2n) is 6.55. The number of amides is 1. The molecule has 0 spiro atoms. The molecule has 1 aliphatic rings. The number of carbonyl (C=O) groups excluding carboxylic acids is 2. The maximum absolute atomic E-state index is 12.4. The van der Waals surface area contributed by atoms with Crippen LogP contribution in [0.5, 0.6) is 0 Å². The van der Waals surface area contributed by atoms with Gasteiger partial charge >= 0.3 is 5.97 Å². The highest BCUT2D eigenvalue weighted by Gasteiger charge is 2.22. The number of fused-ring (bicyclic) bond motifs is 1. The monoisotopic (exact) mass is 336 g/mol. The lowest BCUT2D eigenvalue weighted by atomic mass is 10.2. The number of hydrogen-bond donors (Lipinski definition) is 1. The molecule has 1 N–H and O–H groups in total. The van der Waals surface area contributed by atoms with Gasteiger partial charge in [-0.3, -0.25) is 19.2 Å². The van der Waals surface area contributed by atoms with Crippen molar-refractivity contribution in [1.82, 2.24) is 20.0 Å². The van der Waals surface area contributed by atoms with Crippen LogP contribution in [0, 0.1) is 0 Å². The summed E-state index contributed by atoms with van der Waals surface area (Å²) in [6, 6.07) is 2.03. The summed E-state index contributed by atoms with van der Waals surface area (Å²) >= 11 is 0. The second kappa shape index (κ2) is 8.28. The molecule has 1 aromatic heterocycles. The van der Waals surface area contributed by atoms with Crippen LogP contribution in [-0.2, 0) is 22.6 Å². The number of ether oxygens (including phenoxy) is 1. The van der Waals surface area contributed by atoms with Gasteiger partial charge in [-0.15, -0.1) is 0 Å². The Morgan fingerprint density at radius 3 is 2.75 bits per heavy atom. The van der Waals surface area contributed by atoms with E-state index in [9.17, 15) is 9.59 Å². The van der Waals surface area contributed by atoms with E-state index in [-0.39, 0.29) is 24.3 Å². The van der Waals surface area contributed by atoms with E-state index in [1.807, 2.05) is 10.7 Å². The molecule has 7 heteroatoms. The van der Waals surface area contributed by atoms with E-state index in [4.69, 9.17) is 4.74 Å². The van der Waals surface area contributed by atoms with Crippen molar-refractivity contribution in [3.05, 3.63) is 17.5 Å². The standard InChI is InChI=1S/C17H28N4O3/c1-5-24-16(22)9-13(4)18-17(23)15-10-14-11-20(12(2)3)7-6-8-21(14)19-15/h10,12-13H,5-9,11H2,1-4H3,(H,18,23). The van der Waals surface area contributed by atoms with Crippen molar-refractivity contribution in [3.63, 3.8) is 0 Å². The summed E-state index contributed by atoms with van der Waals surface area (Å²) in [6.45, 7) is 10.9. The van der Waals surface area contributed by atoms with E-state index in [0.29, 0.717) is 18.3 Å². The smallest absolute Gasteiger partial charge is 0.307 e. The first kappa shape index (κ1) is 18.4. The summed E-state index contributed by atoms with van der Waals surface area (Å²) in [4.78, 5) is 26.2. The fourth-order valence-corrected chi connectivity index (χ4v) is 2.86. The predicted octanol–water partition coefficient (Wildman–Crippen LogP) is 1.57. The van der Waals surface area contributed by atoms with Crippen molar-refractivity contribution in [3.8, 4) is 0 Å². The minimum absolute atomic E-state index is 0.161. The molecular formula is C17H28N4O3. The van der Waals surface area contributed by atoms with Gasteiger partial charge in [0.15, 0.2) is 0 Å². The summed E-state index contributed by atoms with van der Waals surface area (Å²) in [7, 11) is 0. The molecule has 2 rings (SSSR count). The van der Waals surface area contributed by atoms with Crippen LogP contribution in [0.25, 0.3) is 0 Å². The van der Waals surface area contributed by atoms with E-state index in [1.165, 1.54) is 0 Å². The summed E-state index contributed by atoms with van der Waals surface area (Å²) in [5.41, 5.74) is 1.47. The summed E-state index contributed by atoms with van der Waals surface area (Å²) in [5.74, 6) is -0.554. The van der Waals surface area contributed by atoms with Gasteiger partial charge in [-0.1, -0.05) is 0 Å². The van der Waals surface area contributed by atoms with Gasteiger partial charge in [-0.2, -0.15) is 5.10 Å². The fraction of sp³-hybridized carbons (Fsp3) is 0.706. The Kier molecular flexibility index (Phi) is 6.36. The molecule has 2 heterocycles. The van der Waals surface area contributed by atoms with E-state index < -0.39 is 0 Å². The largest absolute Gasteiger partial charge is 0.466 e. The van der Waals surface area contributed by atoms with Gasteiger partial charge in [0.2, 0.25) is 0 Å². The molecule has 24 heavy (non-hydrogen) atoms. The average Bonchev–Trinajstić information content (AvgIpc) is 2.79. The van der Waals surface area contributed by atoms with Crippen LogP contribution in [0.3, 0.4) is 0 Å². The zero-order chi connectivity index (χ0) is 17.7. The number of hydrogen-bond acceptors (Lipinski definition) is 5. The molecule has 7 nitrogen and oxygen atoms in total. The van der Waals surface area contributed by atoms with E-state index in [0.717, 1.165) is 31.7 Å². The maximum Gasteiger partial charge on any atom is 0.307 e. The molecule has 0 bridgehead atoms. The van der Waals surface area contributed by atoms with Crippen molar-refractivity contribution in [2.45, 2.75) is 65.7 Å². The molecule has 0 aromatic carbocycles. The molecular weight excluding hydrogens is 308 g/mol. The van der Waals surface area contributed by atoms with Crippen molar-refractivity contribution in [2.24, 2.45) is 0 Å². The molecule has 1 aliphatic heterocycles. The zero-order valence-electron chi connectivity index (χ0n) is 15.0. The van der Waals surface area contributed by atoms with Crippen molar-refractivity contribution in [2.75, 3.05) is 13.2 Å². The lowest BCUT2D eigenvalue weighted by Crippen LogP contribution is -2.35. The van der Waals surface area contributed by atoms with Crippen molar-refractivity contribution < 1.29 is 14.3 Å². The number of aromatic nitrogens is 2. The van der Waals surface area contributed by atoms with E-state index in [1.54, 1.807) is 13.8 Å². The van der Waals surface area contributed by atoms with Crippen LogP contribution in [0.2, 0.25) is 0 Å². The first-order valence-corrected chi connectivity index (χ1v) is 8.68. The molecule has 1 aromatic rings. The Labute approximate surface area is 143 Å². The van der Waals surface area contributed by atoms with E-state index in [2.05, 4.69) is 29.2 Å². The minimum Gasteiger partial charge on any atom is -0.466 e. The molecule has 0 radical (unpaired) electrons. The average molecular weight is 336 g/mol. The Morgan fingerprint density at radius 1 is 1.33 bits per heavy atom. The Morgan fingerprint density at radius 2 is 2.08 bits per heavy atom. The third-order valence-corrected chi connectivity index (χ3v) is 4.16. The van der Waals surface area contributed by atoms with E-state index >= 15 is 0 Å². The highest BCUT2D eigenvalue weighted by molar-refractivity contribution is 5.92. The molecule has 0 fully saturated rings. The minimum atomic E-state index is -0.307. The molecule has 0 saturated heterocycles.